The van der Waals surface area contributed by atoms with Crippen LogP contribution in [0.5, 0.6) is 5.75 Å². The molecule has 2 aliphatic rings. The molecular weight excluding hydrogens is 499 g/mol. The van der Waals surface area contributed by atoms with Crippen molar-refractivity contribution in [1.29, 1.82) is 0 Å². The van der Waals surface area contributed by atoms with Crippen LogP contribution in [-0.2, 0) is 20.7 Å². The minimum atomic E-state index is -1.09. The van der Waals surface area contributed by atoms with E-state index in [2.05, 4.69) is 4.98 Å². The molecule has 2 aromatic carbocycles. The Balaban J connectivity index is 1.66. The summed E-state index contributed by atoms with van der Waals surface area (Å²) in [5.41, 5.74) is 1.80. The number of nitrogens with zero attached hydrogens (tertiary/aromatic N) is 2. The summed E-state index contributed by atoms with van der Waals surface area (Å²) in [4.78, 5) is 44.8. The Hall–Kier alpha value is -4.05. The topological polar surface area (TPSA) is 106 Å². The van der Waals surface area contributed by atoms with Crippen LogP contribution in [0.3, 0.4) is 0 Å². The smallest absolute Gasteiger partial charge is 0.350 e. The van der Waals surface area contributed by atoms with Crippen molar-refractivity contribution in [2.24, 2.45) is 0 Å². The summed E-state index contributed by atoms with van der Waals surface area (Å²) >= 11 is 0.911. The molecule has 0 spiro atoms. The van der Waals surface area contributed by atoms with Gasteiger partial charge in [0.25, 0.3) is 5.78 Å². The second-order valence-corrected chi connectivity index (χ2v) is 9.78. The number of hydrogen-bond acceptors (Lipinski definition) is 8. The van der Waals surface area contributed by atoms with Crippen LogP contribution < -0.4 is 9.64 Å². The van der Waals surface area contributed by atoms with Crippen molar-refractivity contribution < 1.29 is 33.4 Å². The third kappa shape index (κ3) is 4.27. The van der Waals surface area contributed by atoms with Crippen LogP contribution in [0.15, 0.2) is 48.0 Å². The molecule has 1 saturated heterocycles. The maximum Gasteiger partial charge on any atom is 0.350 e. The molecule has 2 unspecified atom stereocenters. The van der Waals surface area contributed by atoms with Gasteiger partial charge in [0.2, 0.25) is 0 Å². The van der Waals surface area contributed by atoms with Crippen molar-refractivity contribution in [3.8, 4) is 5.75 Å². The van der Waals surface area contributed by atoms with Crippen molar-refractivity contribution in [3.63, 3.8) is 0 Å². The maximum atomic E-state index is 13.8. The van der Waals surface area contributed by atoms with E-state index in [4.69, 9.17) is 9.47 Å². The van der Waals surface area contributed by atoms with E-state index in [9.17, 15) is 23.9 Å². The van der Waals surface area contributed by atoms with Crippen molar-refractivity contribution in [3.05, 3.63) is 81.1 Å². The molecule has 0 bridgehead atoms. The molecule has 5 rings (SSSR count). The molecule has 1 N–H and O–H groups in total. The Labute approximate surface area is 216 Å². The predicted octanol–water partition coefficient (Wildman–Crippen LogP) is 4.72. The molecule has 1 amide bonds. The van der Waals surface area contributed by atoms with Gasteiger partial charge < -0.3 is 14.6 Å². The Bertz CT molecular complexity index is 1460. The third-order valence-electron chi connectivity index (χ3n) is 6.25. The molecule has 37 heavy (non-hydrogen) atoms. The van der Waals surface area contributed by atoms with Gasteiger partial charge in [-0.15, -0.1) is 0 Å². The van der Waals surface area contributed by atoms with Gasteiger partial charge in [0.05, 0.1) is 23.9 Å². The number of carbonyl (C=O) groups is 3. The first-order valence-electron chi connectivity index (χ1n) is 11.7. The Kier molecular flexibility index (Phi) is 6.28. The van der Waals surface area contributed by atoms with E-state index in [-0.39, 0.29) is 34.1 Å². The second kappa shape index (κ2) is 9.44. The average molecular weight is 523 g/mol. The lowest BCUT2D eigenvalue weighted by molar-refractivity contribution is -0.132. The number of aliphatic hydroxyl groups is 1. The summed E-state index contributed by atoms with van der Waals surface area (Å²) in [6.07, 6.45) is 0.625. The van der Waals surface area contributed by atoms with Crippen molar-refractivity contribution in [2.75, 3.05) is 11.5 Å². The van der Waals surface area contributed by atoms with Gasteiger partial charge in [0.1, 0.15) is 28.3 Å². The van der Waals surface area contributed by atoms with Gasteiger partial charge in [-0.2, -0.15) is 0 Å². The molecule has 3 aromatic rings. The highest BCUT2D eigenvalue weighted by atomic mass is 32.1. The number of ketones is 1. The number of ether oxygens (including phenoxy) is 2. The number of fused-ring (bicyclic) bond motifs is 1. The fourth-order valence-electron chi connectivity index (χ4n) is 4.59. The number of rotatable bonds is 5. The number of aryl methyl sites for hydroxylation is 1. The number of aromatic nitrogens is 1. The second-order valence-electron chi connectivity index (χ2n) is 8.81. The summed E-state index contributed by atoms with van der Waals surface area (Å²) in [5, 5.41) is 11.4. The van der Waals surface area contributed by atoms with Gasteiger partial charge in [-0.1, -0.05) is 23.5 Å². The van der Waals surface area contributed by atoms with E-state index < -0.39 is 29.5 Å². The SMILES string of the molecule is CCOC(=O)c1sc(N2C(=O)C(=O)C(=C(O)c3ccc4c(c3)CC(C)O4)C2c2ccc(F)cc2)nc1C. The number of Topliss-reactive ketones (excluding diaryl/α,β-unsaturated/α-hetero) is 1. The first-order chi connectivity index (χ1) is 17.7. The number of carbonyl (C=O) groups excluding carboxylic acids is 3. The van der Waals surface area contributed by atoms with Gasteiger partial charge in [0, 0.05) is 12.0 Å². The number of anilines is 1. The van der Waals surface area contributed by atoms with Crippen LogP contribution in [-0.4, -0.2) is 40.5 Å². The molecular formula is C27H23FN2O6S. The fraction of sp³-hybridized carbons (Fsp3) is 0.259. The molecule has 0 aliphatic carbocycles. The summed E-state index contributed by atoms with van der Waals surface area (Å²) in [6, 6.07) is 9.27. The van der Waals surface area contributed by atoms with Crippen molar-refractivity contribution >= 4 is 39.9 Å². The molecule has 2 atom stereocenters. The Morgan fingerprint density at radius 3 is 2.68 bits per heavy atom. The maximum absolute atomic E-state index is 13.8. The zero-order valence-corrected chi connectivity index (χ0v) is 21.1. The number of hydrogen-bond donors (Lipinski definition) is 1. The zero-order chi connectivity index (χ0) is 26.4. The van der Waals surface area contributed by atoms with Crippen LogP contribution in [0.2, 0.25) is 0 Å². The number of benzene rings is 2. The van der Waals surface area contributed by atoms with E-state index in [1.165, 1.54) is 24.3 Å². The van der Waals surface area contributed by atoms with Gasteiger partial charge in [-0.05, 0) is 62.2 Å². The normalized spacial score (nSPS) is 20.2. The van der Waals surface area contributed by atoms with E-state index >= 15 is 0 Å². The molecule has 8 nitrogen and oxygen atoms in total. The summed E-state index contributed by atoms with van der Waals surface area (Å²) in [5.74, 6) is -2.59. The molecule has 2 aliphatic heterocycles. The van der Waals surface area contributed by atoms with Gasteiger partial charge in [0.15, 0.2) is 5.13 Å². The lowest BCUT2D eigenvalue weighted by Gasteiger charge is -2.23. The fourth-order valence-corrected chi connectivity index (χ4v) is 5.57. The molecule has 190 valence electrons. The van der Waals surface area contributed by atoms with Crippen LogP contribution >= 0.6 is 11.3 Å². The molecule has 0 saturated carbocycles. The minimum Gasteiger partial charge on any atom is -0.507 e. The highest BCUT2D eigenvalue weighted by molar-refractivity contribution is 7.17. The van der Waals surface area contributed by atoms with Crippen LogP contribution in [0, 0.1) is 12.7 Å². The summed E-state index contributed by atoms with van der Waals surface area (Å²) in [6.45, 7) is 5.37. The monoisotopic (exact) mass is 522 g/mol. The Morgan fingerprint density at radius 2 is 1.97 bits per heavy atom. The highest BCUT2D eigenvalue weighted by Crippen LogP contribution is 2.44. The molecule has 3 heterocycles. The first kappa shape index (κ1) is 24.6. The number of esters is 1. The van der Waals surface area contributed by atoms with Crippen molar-refractivity contribution in [1.82, 2.24) is 4.98 Å². The summed E-state index contributed by atoms with van der Waals surface area (Å²) in [7, 11) is 0. The number of amides is 1. The average Bonchev–Trinajstić information content (AvgIpc) is 3.51. The van der Waals surface area contributed by atoms with Gasteiger partial charge in [-0.25, -0.2) is 14.2 Å². The quantitative estimate of drug-likeness (QED) is 0.224. The summed E-state index contributed by atoms with van der Waals surface area (Å²) < 4.78 is 24.6. The van der Waals surface area contributed by atoms with Gasteiger partial charge >= 0.3 is 11.9 Å². The molecule has 10 heteroatoms. The first-order valence-corrected chi connectivity index (χ1v) is 12.5. The lowest BCUT2D eigenvalue weighted by atomic mass is 9.94. The van der Waals surface area contributed by atoms with Crippen LogP contribution in [0.25, 0.3) is 5.76 Å². The van der Waals surface area contributed by atoms with E-state index in [1.807, 2.05) is 6.92 Å². The van der Waals surface area contributed by atoms with E-state index in [0.29, 0.717) is 29.0 Å². The number of aliphatic hydroxyl groups excluding tert-OH is 1. The number of halogens is 1. The van der Waals surface area contributed by atoms with Crippen LogP contribution in [0.1, 0.15) is 51.9 Å². The zero-order valence-electron chi connectivity index (χ0n) is 20.3. The van der Waals surface area contributed by atoms with Crippen LogP contribution in [0.4, 0.5) is 9.52 Å². The standard InChI is InChI=1S/C27H23FN2O6S/c1-4-35-26(34)24-14(3)29-27(37-24)30-21(15-5-8-18(28)9-6-15)20(23(32)25(30)33)22(31)16-7-10-19-17(12-16)11-13(2)36-19/h5-10,12-13,21,31H,4,11H2,1-3H3. The molecule has 1 aromatic heterocycles. The predicted molar refractivity (Wildman–Crippen MR) is 134 cm³/mol. The lowest BCUT2D eigenvalue weighted by Crippen LogP contribution is -2.29. The van der Waals surface area contributed by atoms with E-state index in [0.717, 1.165) is 21.8 Å². The molecule has 1 fully saturated rings. The third-order valence-corrected chi connectivity index (χ3v) is 7.39. The van der Waals surface area contributed by atoms with Crippen molar-refractivity contribution in [2.45, 2.75) is 39.3 Å². The van der Waals surface area contributed by atoms with Gasteiger partial charge in [-0.3, -0.25) is 14.5 Å². The highest BCUT2D eigenvalue weighted by Gasteiger charge is 2.48. The minimum absolute atomic E-state index is 0.0149. The van der Waals surface area contributed by atoms with E-state index in [1.54, 1.807) is 32.0 Å². The largest absolute Gasteiger partial charge is 0.507 e. The molecule has 0 radical (unpaired) electrons. The Morgan fingerprint density at radius 1 is 1.24 bits per heavy atom. The number of thiazole rings is 1.